The number of ether oxygens (including phenoxy) is 2. The van der Waals surface area contributed by atoms with Crippen molar-refractivity contribution >= 4 is 36.0 Å². The van der Waals surface area contributed by atoms with E-state index in [1.807, 2.05) is 62.6 Å². The number of anilines is 1. The molecule has 0 bridgehead atoms. The van der Waals surface area contributed by atoms with Gasteiger partial charge < -0.3 is 19.5 Å². The highest BCUT2D eigenvalue weighted by Crippen LogP contribution is 2.28. The maximum Gasteiger partial charge on any atom is 0.328 e. The van der Waals surface area contributed by atoms with E-state index in [-0.39, 0.29) is 0 Å². The van der Waals surface area contributed by atoms with Crippen LogP contribution < -0.4 is 18.9 Å². The van der Waals surface area contributed by atoms with Crippen molar-refractivity contribution in [3.63, 3.8) is 0 Å². The molecule has 0 spiro atoms. The van der Waals surface area contributed by atoms with Crippen LogP contribution in [0.4, 0.5) is 5.69 Å². The van der Waals surface area contributed by atoms with Gasteiger partial charge in [-0.15, -0.1) is 0 Å². The van der Waals surface area contributed by atoms with Gasteiger partial charge in [0.25, 0.3) is 0 Å². The molecule has 4 rings (SSSR count). The molecule has 1 N–H and O–H groups in total. The second kappa shape index (κ2) is 16.6. The Hall–Kier alpha value is -5.36. The number of carboxylic acid groups (broad SMARTS) is 1. The molecule has 46 heavy (non-hydrogen) atoms. The molecule has 6 nitrogen and oxygen atoms in total. The summed E-state index contributed by atoms with van der Waals surface area (Å²) in [6, 6.07) is 26.5. The monoisotopic (exact) mass is 615 g/mol. The fraction of sp³-hybridized carbons (Fsp3) is 0.200. The molecule has 0 saturated heterocycles. The third kappa shape index (κ3) is 9.83. The number of rotatable bonds is 14. The Morgan fingerprint density at radius 3 is 2.09 bits per heavy atom. The summed E-state index contributed by atoms with van der Waals surface area (Å²) in [7, 11) is 5.74. The first-order valence-corrected chi connectivity index (χ1v) is 15.3. The normalized spacial score (nSPS) is 11.7. The topological polar surface area (TPSA) is 62.9 Å². The van der Waals surface area contributed by atoms with Gasteiger partial charge in [0.1, 0.15) is 6.61 Å². The van der Waals surface area contributed by atoms with Gasteiger partial charge in [-0.1, -0.05) is 78.9 Å². The van der Waals surface area contributed by atoms with Gasteiger partial charge in [-0.2, -0.15) is 4.57 Å². The predicted molar refractivity (Wildman–Crippen MR) is 189 cm³/mol. The van der Waals surface area contributed by atoms with E-state index in [1.54, 1.807) is 13.2 Å². The van der Waals surface area contributed by atoms with E-state index in [2.05, 4.69) is 90.1 Å². The summed E-state index contributed by atoms with van der Waals surface area (Å²) in [4.78, 5) is 13.0. The van der Waals surface area contributed by atoms with E-state index >= 15 is 0 Å². The van der Waals surface area contributed by atoms with Crippen LogP contribution in [-0.4, -0.2) is 38.9 Å². The van der Waals surface area contributed by atoms with Crippen molar-refractivity contribution in [1.82, 2.24) is 0 Å². The Bertz CT molecular complexity index is 1720. The average Bonchev–Trinajstić information content (AvgIpc) is 3.04. The molecular formula is C40H43N2O4+. The second-order valence-corrected chi connectivity index (χ2v) is 11.2. The molecule has 3 aromatic carbocycles. The van der Waals surface area contributed by atoms with Crippen LogP contribution in [-0.2, 0) is 17.8 Å². The lowest BCUT2D eigenvalue weighted by Crippen LogP contribution is -2.42. The Morgan fingerprint density at radius 2 is 1.46 bits per heavy atom. The maximum absolute atomic E-state index is 10.9. The number of carbonyl (C=O) groups is 1. The van der Waals surface area contributed by atoms with Crippen LogP contribution in [0.2, 0.25) is 0 Å². The highest BCUT2D eigenvalue weighted by Gasteiger charge is 2.13. The van der Waals surface area contributed by atoms with Gasteiger partial charge in [0, 0.05) is 51.8 Å². The number of methoxy groups -OCH3 is 1. The van der Waals surface area contributed by atoms with Crippen molar-refractivity contribution in [3.8, 4) is 11.5 Å². The first-order chi connectivity index (χ1) is 22.2. The molecular weight excluding hydrogens is 572 g/mol. The van der Waals surface area contributed by atoms with Crippen LogP contribution in [0.25, 0.3) is 24.3 Å². The molecule has 0 aliphatic rings. The van der Waals surface area contributed by atoms with Gasteiger partial charge in [-0.25, -0.2) is 4.79 Å². The molecule has 0 radical (unpaired) electrons. The van der Waals surface area contributed by atoms with Gasteiger partial charge in [0.05, 0.1) is 7.11 Å². The van der Waals surface area contributed by atoms with Crippen LogP contribution in [0.15, 0.2) is 103 Å². The van der Waals surface area contributed by atoms with Crippen molar-refractivity contribution < 1.29 is 23.9 Å². The van der Waals surface area contributed by atoms with E-state index in [0.717, 1.165) is 28.3 Å². The zero-order chi connectivity index (χ0) is 32.9. The maximum atomic E-state index is 10.9. The van der Waals surface area contributed by atoms with Gasteiger partial charge in [0.15, 0.2) is 29.4 Å². The van der Waals surface area contributed by atoms with E-state index in [1.165, 1.54) is 22.6 Å². The van der Waals surface area contributed by atoms with E-state index in [9.17, 15) is 4.79 Å². The Kier molecular flexibility index (Phi) is 12.1. The molecule has 6 heteroatoms. The lowest BCUT2D eigenvalue weighted by molar-refractivity contribution is -0.709. The molecule has 0 unspecified atom stereocenters. The molecule has 0 atom stereocenters. The minimum Gasteiger partial charge on any atom is -0.493 e. The number of aliphatic carboxylic acids is 1. The molecule has 4 aromatic rings. The molecule has 1 aromatic heterocycles. The SMILES string of the molecule is COc1cc(C/C=C/c2ccccc2/C=C/C(=O)O)ccc1OCC[n+]1c(C)cc(/C=C/C=C/c2ccc(N(C)C)cc2)cc1C. The number of benzene rings is 3. The van der Waals surface area contributed by atoms with E-state index < -0.39 is 5.97 Å². The predicted octanol–water partition coefficient (Wildman–Crippen LogP) is 7.82. The van der Waals surface area contributed by atoms with Crippen molar-refractivity contribution in [1.29, 1.82) is 0 Å². The van der Waals surface area contributed by atoms with E-state index in [0.29, 0.717) is 31.1 Å². The van der Waals surface area contributed by atoms with Crippen molar-refractivity contribution in [2.24, 2.45) is 0 Å². The Balaban J connectivity index is 1.32. The number of aryl methyl sites for hydroxylation is 2. The third-order valence-corrected chi connectivity index (χ3v) is 7.55. The van der Waals surface area contributed by atoms with Gasteiger partial charge in [-0.3, -0.25) is 0 Å². The molecule has 0 aliphatic carbocycles. The highest BCUT2D eigenvalue weighted by molar-refractivity contribution is 5.86. The number of carboxylic acids is 1. The van der Waals surface area contributed by atoms with Crippen LogP contribution in [0.1, 0.15) is 39.2 Å². The first-order valence-electron chi connectivity index (χ1n) is 15.3. The lowest BCUT2D eigenvalue weighted by atomic mass is 10.0. The van der Waals surface area contributed by atoms with Crippen molar-refractivity contribution in [2.45, 2.75) is 26.8 Å². The van der Waals surface area contributed by atoms with E-state index in [4.69, 9.17) is 14.6 Å². The quantitative estimate of drug-likeness (QED) is 0.0890. The fourth-order valence-corrected chi connectivity index (χ4v) is 5.13. The van der Waals surface area contributed by atoms with Crippen LogP contribution >= 0.6 is 0 Å². The zero-order valence-electron chi connectivity index (χ0n) is 27.3. The van der Waals surface area contributed by atoms with Crippen molar-refractivity contribution in [3.05, 3.63) is 142 Å². The second-order valence-electron chi connectivity index (χ2n) is 11.2. The number of aromatic nitrogens is 1. The summed E-state index contributed by atoms with van der Waals surface area (Å²) in [5.41, 5.74) is 8.74. The summed E-state index contributed by atoms with van der Waals surface area (Å²) in [6.07, 6.45) is 15.9. The average molecular weight is 616 g/mol. The molecule has 0 aliphatic heterocycles. The van der Waals surface area contributed by atoms with Crippen LogP contribution in [0.5, 0.6) is 11.5 Å². The standard InChI is InChI=1S/C40H42N2O4/c1-30-27-34(12-7-6-11-32-17-21-37(22-18-32)41(3)4)28-31(2)42(30)25-26-46-38-23-19-33(29-39(38)45-5)13-10-16-35-14-8-9-15-36(35)20-24-40(43)44/h6-12,14-24,27-29H,13,25-26H2,1-5H3/p+1/b16-10+,24-20+. The minimum absolute atomic E-state index is 0.507. The van der Waals surface area contributed by atoms with Crippen LogP contribution in [0, 0.1) is 13.8 Å². The number of nitrogens with zero attached hydrogens (tertiary/aromatic N) is 2. The van der Waals surface area contributed by atoms with Gasteiger partial charge in [0.2, 0.25) is 0 Å². The molecule has 0 amide bonds. The summed E-state index contributed by atoms with van der Waals surface area (Å²) < 4.78 is 14.1. The molecule has 0 fully saturated rings. The van der Waals surface area contributed by atoms with Gasteiger partial charge >= 0.3 is 5.97 Å². The number of hydrogen-bond acceptors (Lipinski definition) is 4. The number of allylic oxidation sites excluding steroid dienone is 3. The third-order valence-electron chi connectivity index (χ3n) is 7.55. The summed E-state index contributed by atoms with van der Waals surface area (Å²) in [5, 5.41) is 8.95. The largest absolute Gasteiger partial charge is 0.493 e. The molecule has 1 heterocycles. The smallest absolute Gasteiger partial charge is 0.328 e. The summed E-state index contributed by atoms with van der Waals surface area (Å²) >= 11 is 0. The van der Waals surface area contributed by atoms with Gasteiger partial charge in [-0.05, 0) is 64.6 Å². The lowest BCUT2D eigenvalue weighted by Gasteiger charge is -2.12. The summed E-state index contributed by atoms with van der Waals surface area (Å²) in [5.74, 6) is 0.430. The zero-order valence-corrected chi connectivity index (χ0v) is 27.3. The van der Waals surface area contributed by atoms with Crippen molar-refractivity contribution in [2.75, 3.05) is 32.7 Å². The fourth-order valence-electron chi connectivity index (χ4n) is 5.13. The Labute approximate surface area is 272 Å². The first kappa shape index (κ1) is 33.5. The summed E-state index contributed by atoms with van der Waals surface area (Å²) in [6.45, 7) is 5.47. The minimum atomic E-state index is -0.967. The number of pyridine rings is 1. The molecule has 236 valence electrons. The highest BCUT2D eigenvalue weighted by atomic mass is 16.5. The van der Waals surface area contributed by atoms with Crippen LogP contribution in [0.3, 0.4) is 0 Å². The Morgan fingerprint density at radius 1 is 0.804 bits per heavy atom. The number of hydrogen-bond donors (Lipinski definition) is 1. The molecule has 0 saturated carbocycles.